The number of ether oxygens (including phenoxy) is 1. The second kappa shape index (κ2) is 8.82. The fourth-order valence-corrected chi connectivity index (χ4v) is 2.10. The standard InChI is InChI=1S/C19H23N3O3/c1-4-13(3)21-18(23)14-10-11-20-17(12-14)19(24)22-15-6-8-16(9-7-15)25-5-2/h6-13H,4-5H2,1-3H3,(H,21,23)(H,22,24). The van der Waals surface area contributed by atoms with E-state index in [2.05, 4.69) is 15.6 Å². The van der Waals surface area contributed by atoms with Crippen molar-refractivity contribution < 1.29 is 14.3 Å². The summed E-state index contributed by atoms with van der Waals surface area (Å²) in [6.45, 7) is 6.42. The Bertz CT molecular complexity index is 729. The van der Waals surface area contributed by atoms with Crippen molar-refractivity contribution in [2.24, 2.45) is 0 Å². The maximum atomic E-state index is 12.3. The van der Waals surface area contributed by atoms with Crippen LogP contribution in [-0.4, -0.2) is 29.4 Å². The van der Waals surface area contributed by atoms with E-state index in [1.807, 2.05) is 20.8 Å². The number of hydrogen-bond acceptors (Lipinski definition) is 4. The van der Waals surface area contributed by atoms with Gasteiger partial charge in [0.05, 0.1) is 6.61 Å². The number of amides is 2. The van der Waals surface area contributed by atoms with Crippen LogP contribution in [-0.2, 0) is 0 Å². The highest BCUT2D eigenvalue weighted by Gasteiger charge is 2.13. The molecule has 2 amide bonds. The molecule has 0 aliphatic rings. The number of pyridine rings is 1. The van der Waals surface area contributed by atoms with Crippen LogP contribution in [0.15, 0.2) is 42.6 Å². The number of carbonyl (C=O) groups is 2. The minimum atomic E-state index is -0.373. The zero-order valence-electron chi connectivity index (χ0n) is 14.7. The molecule has 0 aliphatic carbocycles. The topological polar surface area (TPSA) is 80.3 Å². The molecule has 6 nitrogen and oxygen atoms in total. The van der Waals surface area contributed by atoms with Gasteiger partial charge in [-0.1, -0.05) is 6.92 Å². The Morgan fingerprint density at radius 3 is 2.48 bits per heavy atom. The van der Waals surface area contributed by atoms with E-state index in [4.69, 9.17) is 4.74 Å². The Labute approximate surface area is 147 Å². The summed E-state index contributed by atoms with van der Waals surface area (Å²) < 4.78 is 5.36. The smallest absolute Gasteiger partial charge is 0.274 e. The second-order valence-electron chi connectivity index (χ2n) is 5.62. The van der Waals surface area contributed by atoms with Crippen molar-refractivity contribution in [3.05, 3.63) is 53.9 Å². The minimum absolute atomic E-state index is 0.0711. The quantitative estimate of drug-likeness (QED) is 0.810. The van der Waals surface area contributed by atoms with E-state index in [1.165, 1.54) is 12.3 Å². The van der Waals surface area contributed by atoms with Gasteiger partial charge in [0, 0.05) is 23.5 Å². The first kappa shape index (κ1) is 18.4. The molecule has 1 atom stereocenters. The number of nitrogens with one attached hydrogen (secondary N) is 2. The van der Waals surface area contributed by atoms with Gasteiger partial charge in [0.1, 0.15) is 11.4 Å². The number of carbonyl (C=O) groups excluding carboxylic acids is 2. The molecule has 2 aromatic rings. The molecule has 1 heterocycles. The van der Waals surface area contributed by atoms with Gasteiger partial charge >= 0.3 is 0 Å². The summed E-state index contributed by atoms with van der Waals surface area (Å²) >= 11 is 0. The molecule has 132 valence electrons. The Morgan fingerprint density at radius 1 is 1.12 bits per heavy atom. The fourth-order valence-electron chi connectivity index (χ4n) is 2.10. The van der Waals surface area contributed by atoms with Gasteiger partial charge in [-0.2, -0.15) is 0 Å². The zero-order valence-corrected chi connectivity index (χ0v) is 14.7. The number of aromatic nitrogens is 1. The van der Waals surface area contributed by atoms with Crippen LogP contribution >= 0.6 is 0 Å². The van der Waals surface area contributed by atoms with Crippen LogP contribution in [0.3, 0.4) is 0 Å². The van der Waals surface area contributed by atoms with Crippen LogP contribution in [0.25, 0.3) is 0 Å². The molecular formula is C19H23N3O3. The molecule has 0 bridgehead atoms. The third-order valence-electron chi connectivity index (χ3n) is 3.67. The molecule has 0 fully saturated rings. The first-order valence-electron chi connectivity index (χ1n) is 8.34. The first-order valence-corrected chi connectivity index (χ1v) is 8.34. The van der Waals surface area contributed by atoms with Gasteiger partial charge in [-0.15, -0.1) is 0 Å². The minimum Gasteiger partial charge on any atom is -0.494 e. The van der Waals surface area contributed by atoms with Crippen LogP contribution in [0, 0.1) is 0 Å². The molecule has 25 heavy (non-hydrogen) atoms. The van der Waals surface area contributed by atoms with Gasteiger partial charge in [-0.25, -0.2) is 0 Å². The normalized spacial score (nSPS) is 11.5. The molecule has 0 aliphatic heterocycles. The van der Waals surface area contributed by atoms with E-state index in [1.54, 1.807) is 30.3 Å². The van der Waals surface area contributed by atoms with Gasteiger partial charge < -0.3 is 15.4 Å². The van der Waals surface area contributed by atoms with E-state index in [-0.39, 0.29) is 23.6 Å². The Hall–Kier alpha value is -2.89. The SMILES string of the molecule is CCOc1ccc(NC(=O)c2cc(C(=O)NC(C)CC)ccn2)cc1. The van der Waals surface area contributed by atoms with Crippen molar-refractivity contribution in [2.45, 2.75) is 33.2 Å². The molecule has 0 spiro atoms. The average Bonchev–Trinajstić information content (AvgIpc) is 2.63. The van der Waals surface area contributed by atoms with Crippen molar-refractivity contribution in [1.82, 2.24) is 10.3 Å². The zero-order chi connectivity index (χ0) is 18.2. The fraction of sp³-hybridized carbons (Fsp3) is 0.316. The number of hydrogen-bond donors (Lipinski definition) is 2. The summed E-state index contributed by atoms with van der Waals surface area (Å²) in [6.07, 6.45) is 2.29. The molecule has 1 aromatic heterocycles. The van der Waals surface area contributed by atoms with Crippen molar-refractivity contribution in [3.63, 3.8) is 0 Å². The van der Waals surface area contributed by atoms with E-state index < -0.39 is 0 Å². The molecule has 1 unspecified atom stereocenters. The molecule has 2 N–H and O–H groups in total. The highest BCUT2D eigenvalue weighted by Crippen LogP contribution is 2.16. The highest BCUT2D eigenvalue weighted by molar-refractivity contribution is 6.04. The monoisotopic (exact) mass is 341 g/mol. The van der Waals surface area contributed by atoms with Crippen LogP contribution in [0.5, 0.6) is 5.75 Å². The van der Waals surface area contributed by atoms with E-state index >= 15 is 0 Å². The summed E-state index contributed by atoms with van der Waals surface area (Å²) in [4.78, 5) is 28.6. The predicted molar refractivity (Wildman–Crippen MR) is 97.0 cm³/mol. The lowest BCUT2D eigenvalue weighted by molar-refractivity contribution is 0.0939. The molecule has 2 rings (SSSR count). The Balaban J connectivity index is 2.06. The van der Waals surface area contributed by atoms with Gasteiger partial charge in [0.25, 0.3) is 11.8 Å². The van der Waals surface area contributed by atoms with Gasteiger partial charge in [-0.05, 0) is 56.7 Å². The predicted octanol–water partition coefficient (Wildman–Crippen LogP) is 3.26. The third-order valence-corrected chi connectivity index (χ3v) is 3.67. The number of rotatable bonds is 7. The van der Waals surface area contributed by atoms with E-state index in [0.717, 1.165) is 12.2 Å². The summed E-state index contributed by atoms with van der Waals surface area (Å²) in [6, 6.07) is 10.2. The number of benzene rings is 1. The Kier molecular flexibility index (Phi) is 6.51. The van der Waals surface area contributed by atoms with Crippen LogP contribution in [0.4, 0.5) is 5.69 Å². The Morgan fingerprint density at radius 2 is 1.84 bits per heavy atom. The maximum absolute atomic E-state index is 12.3. The summed E-state index contributed by atoms with van der Waals surface area (Å²) in [5.41, 5.74) is 1.22. The van der Waals surface area contributed by atoms with Crippen LogP contribution in [0.1, 0.15) is 48.0 Å². The summed E-state index contributed by atoms with van der Waals surface area (Å²) in [5.74, 6) is 0.150. The van der Waals surface area contributed by atoms with Crippen LogP contribution < -0.4 is 15.4 Å². The number of anilines is 1. The van der Waals surface area contributed by atoms with Gasteiger partial charge in [0.15, 0.2) is 0 Å². The van der Waals surface area contributed by atoms with Gasteiger partial charge in [0.2, 0.25) is 0 Å². The van der Waals surface area contributed by atoms with Gasteiger partial charge in [-0.3, -0.25) is 14.6 Å². The summed E-state index contributed by atoms with van der Waals surface area (Å²) in [5, 5.41) is 5.62. The van der Waals surface area contributed by atoms with E-state index in [0.29, 0.717) is 17.9 Å². The van der Waals surface area contributed by atoms with Crippen LogP contribution in [0.2, 0.25) is 0 Å². The average molecular weight is 341 g/mol. The van der Waals surface area contributed by atoms with Crippen molar-refractivity contribution in [3.8, 4) is 5.75 Å². The van der Waals surface area contributed by atoms with Crippen molar-refractivity contribution in [2.75, 3.05) is 11.9 Å². The first-order chi connectivity index (χ1) is 12.0. The lowest BCUT2D eigenvalue weighted by atomic mass is 10.2. The largest absolute Gasteiger partial charge is 0.494 e. The highest BCUT2D eigenvalue weighted by atomic mass is 16.5. The molecule has 0 saturated heterocycles. The van der Waals surface area contributed by atoms with Crippen molar-refractivity contribution in [1.29, 1.82) is 0 Å². The maximum Gasteiger partial charge on any atom is 0.274 e. The lowest BCUT2D eigenvalue weighted by Gasteiger charge is -2.12. The van der Waals surface area contributed by atoms with E-state index in [9.17, 15) is 9.59 Å². The lowest BCUT2D eigenvalue weighted by Crippen LogP contribution is -2.32. The number of nitrogens with zero attached hydrogens (tertiary/aromatic N) is 1. The molecular weight excluding hydrogens is 318 g/mol. The molecule has 6 heteroatoms. The molecule has 0 saturated carbocycles. The van der Waals surface area contributed by atoms with Crippen molar-refractivity contribution >= 4 is 17.5 Å². The third kappa shape index (κ3) is 5.31. The molecule has 1 aromatic carbocycles. The second-order valence-corrected chi connectivity index (χ2v) is 5.62. The molecule has 0 radical (unpaired) electrons. The summed E-state index contributed by atoms with van der Waals surface area (Å²) in [7, 11) is 0.